The molecule has 0 N–H and O–H groups in total. The maximum absolute atomic E-state index is 12.9. The van der Waals surface area contributed by atoms with Gasteiger partial charge in [-0.2, -0.15) is 0 Å². The van der Waals surface area contributed by atoms with E-state index in [9.17, 15) is 4.39 Å². The van der Waals surface area contributed by atoms with E-state index in [-0.39, 0.29) is 5.82 Å². The van der Waals surface area contributed by atoms with Crippen molar-refractivity contribution in [1.29, 1.82) is 0 Å². The van der Waals surface area contributed by atoms with Crippen molar-refractivity contribution < 1.29 is 9.13 Å². The number of benzene rings is 2. The van der Waals surface area contributed by atoms with E-state index in [4.69, 9.17) is 4.74 Å². The summed E-state index contributed by atoms with van der Waals surface area (Å²) in [5.41, 5.74) is 2.25. The maximum atomic E-state index is 12.9. The molecule has 0 aliphatic heterocycles. The van der Waals surface area contributed by atoms with Crippen molar-refractivity contribution in [2.75, 3.05) is 0 Å². The predicted molar refractivity (Wildman–Crippen MR) is 60.7 cm³/mol. The van der Waals surface area contributed by atoms with E-state index in [1.807, 2.05) is 31.2 Å². The van der Waals surface area contributed by atoms with E-state index in [1.165, 1.54) is 23.8 Å². The highest BCUT2D eigenvalue weighted by Crippen LogP contribution is 2.13. The molecule has 81 valence electrons. The van der Waals surface area contributed by atoms with E-state index in [0.717, 1.165) is 5.56 Å². The molecule has 0 spiro atoms. The number of aryl methyl sites for hydroxylation is 1. The minimum Gasteiger partial charge on any atom is -0.488 e. The second-order valence-corrected chi connectivity index (χ2v) is 3.65. The molecule has 0 aromatic heterocycles. The van der Waals surface area contributed by atoms with E-state index in [1.54, 1.807) is 0 Å². The quantitative estimate of drug-likeness (QED) is 0.761. The average molecular weight is 215 g/mol. The van der Waals surface area contributed by atoms with Crippen molar-refractivity contribution in [3.05, 3.63) is 65.5 Å². The molecular formula is C14H12FO. The highest BCUT2D eigenvalue weighted by Gasteiger charge is 1.98. The highest BCUT2D eigenvalue weighted by molar-refractivity contribution is 5.24. The van der Waals surface area contributed by atoms with Gasteiger partial charge in [0.25, 0.3) is 0 Å². The van der Waals surface area contributed by atoms with Crippen molar-refractivity contribution in [2.24, 2.45) is 0 Å². The Morgan fingerprint density at radius 3 is 2.88 bits per heavy atom. The summed E-state index contributed by atoms with van der Waals surface area (Å²) in [6.07, 6.45) is 0. The largest absolute Gasteiger partial charge is 0.488 e. The van der Waals surface area contributed by atoms with Gasteiger partial charge in [0, 0.05) is 12.1 Å². The Morgan fingerprint density at radius 2 is 2.12 bits per heavy atom. The topological polar surface area (TPSA) is 9.23 Å². The van der Waals surface area contributed by atoms with Crippen LogP contribution in [0.4, 0.5) is 4.39 Å². The van der Waals surface area contributed by atoms with Crippen LogP contribution in [0.5, 0.6) is 5.75 Å². The molecule has 2 aromatic rings. The summed E-state index contributed by atoms with van der Waals surface area (Å²) in [4.78, 5) is 0. The summed E-state index contributed by atoms with van der Waals surface area (Å²) >= 11 is 0. The molecule has 2 heteroatoms. The fourth-order valence-electron chi connectivity index (χ4n) is 1.46. The van der Waals surface area contributed by atoms with E-state index in [0.29, 0.717) is 12.4 Å². The standard InChI is InChI=1S/C14H12FO/c1-11-4-2-5-12(8-11)10-16-14-7-3-6-13(15)9-14/h2-6,8-9H,10H2,1H3. The minimum absolute atomic E-state index is 0.307. The van der Waals surface area contributed by atoms with Gasteiger partial charge < -0.3 is 4.74 Å². The van der Waals surface area contributed by atoms with Gasteiger partial charge in [0.2, 0.25) is 0 Å². The van der Waals surface area contributed by atoms with Gasteiger partial charge in [-0.05, 0) is 24.6 Å². The first-order valence-corrected chi connectivity index (χ1v) is 5.09. The Hall–Kier alpha value is -1.83. The highest BCUT2D eigenvalue weighted by atomic mass is 19.1. The molecule has 2 rings (SSSR count). The molecule has 1 nitrogen and oxygen atoms in total. The van der Waals surface area contributed by atoms with Crippen LogP contribution in [0, 0.1) is 18.8 Å². The van der Waals surface area contributed by atoms with E-state index < -0.39 is 0 Å². The lowest BCUT2D eigenvalue weighted by Gasteiger charge is -2.06. The average Bonchev–Trinajstić information content (AvgIpc) is 2.27. The van der Waals surface area contributed by atoms with Crippen LogP contribution in [0.2, 0.25) is 0 Å². The molecule has 2 aromatic carbocycles. The molecule has 0 amide bonds. The molecule has 0 atom stereocenters. The van der Waals surface area contributed by atoms with Crippen molar-refractivity contribution in [3.8, 4) is 5.75 Å². The van der Waals surface area contributed by atoms with Crippen LogP contribution >= 0.6 is 0 Å². The van der Waals surface area contributed by atoms with Crippen LogP contribution in [0.15, 0.2) is 42.5 Å². The van der Waals surface area contributed by atoms with E-state index in [2.05, 4.69) is 6.07 Å². The molecule has 16 heavy (non-hydrogen) atoms. The lowest BCUT2D eigenvalue weighted by Crippen LogP contribution is -1.96. The van der Waals surface area contributed by atoms with Crippen molar-refractivity contribution in [2.45, 2.75) is 13.5 Å². The third-order valence-electron chi connectivity index (χ3n) is 2.21. The van der Waals surface area contributed by atoms with Gasteiger partial charge in [0.15, 0.2) is 0 Å². The van der Waals surface area contributed by atoms with Crippen LogP contribution in [0.3, 0.4) is 0 Å². The summed E-state index contributed by atoms with van der Waals surface area (Å²) in [6.45, 7) is 2.46. The monoisotopic (exact) mass is 215 g/mol. The van der Waals surface area contributed by atoms with Gasteiger partial charge in [-0.3, -0.25) is 0 Å². The van der Waals surface area contributed by atoms with Crippen molar-refractivity contribution in [1.82, 2.24) is 0 Å². The van der Waals surface area contributed by atoms with Crippen molar-refractivity contribution >= 4 is 0 Å². The number of hydrogen-bond acceptors (Lipinski definition) is 1. The van der Waals surface area contributed by atoms with Crippen LogP contribution < -0.4 is 4.74 Å². The maximum Gasteiger partial charge on any atom is 0.130 e. The first kappa shape index (κ1) is 10.7. The Balaban J connectivity index is 2.02. The second-order valence-electron chi connectivity index (χ2n) is 3.65. The molecule has 0 unspecified atom stereocenters. The Morgan fingerprint density at radius 1 is 1.25 bits per heavy atom. The molecule has 0 bridgehead atoms. The molecule has 0 fully saturated rings. The van der Waals surface area contributed by atoms with E-state index >= 15 is 0 Å². The van der Waals surface area contributed by atoms with Gasteiger partial charge in [0.1, 0.15) is 18.2 Å². The van der Waals surface area contributed by atoms with Gasteiger partial charge >= 0.3 is 0 Å². The van der Waals surface area contributed by atoms with Crippen LogP contribution in [0.1, 0.15) is 11.1 Å². The molecule has 0 aliphatic carbocycles. The third-order valence-corrected chi connectivity index (χ3v) is 2.21. The van der Waals surface area contributed by atoms with Crippen LogP contribution in [0.25, 0.3) is 0 Å². The van der Waals surface area contributed by atoms with Gasteiger partial charge in [-0.25, -0.2) is 4.39 Å². The first-order chi connectivity index (χ1) is 7.74. The lowest BCUT2D eigenvalue weighted by molar-refractivity contribution is 0.304. The van der Waals surface area contributed by atoms with Gasteiger partial charge in [0.05, 0.1) is 0 Å². The van der Waals surface area contributed by atoms with Crippen molar-refractivity contribution in [3.63, 3.8) is 0 Å². The SMILES string of the molecule is Cc1cccc(COc2[c]ccc(F)c2)c1. The number of rotatable bonds is 3. The zero-order chi connectivity index (χ0) is 11.4. The Bertz CT molecular complexity index is 434. The Kier molecular flexibility index (Phi) is 3.20. The van der Waals surface area contributed by atoms with Crippen LogP contribution in [-0.4, -0.2) is 0 Å². The molecule has 0 saturated carbocycles. The normalized spacial score (nSPS) is 10.1. The summed E-state index contributed by atoms with van der Waals surface area (Å²) in [7, 11) is 0. The summed E-state index contributed by atoms with van der Waals surface area (Å²) in [5.74, 6) is 0.125. The number of ether oxygens (including phenoxy) is 1. The molecule has 0 aliphatic rings. The Labute approximate surface area is 94.5 Å². The molecule has 0 saturated heterocycles. The zero-order valence-corrected chi connectivity index (χ0v) is 9.03. The van der Waals surface area contributed by atoms with Gasteiger partial charge in [-0.15, -0.1) is 0 Å². The van der Waals surface area contributed by atoms with Crippen LogP contribution in [-0.2, 0) is 6.61 Å². The summed E-state index contributed by atoms with van der Waals surface area (Å²) in [6, 6.07) is 15.0. The first-order valence-electron chi connectivity index (χ1n) is 5.09. The molecular weight excluding hydrogens is 203 g/mol. The summed E-state index contributed by atoms with van der Waals surface area (Å²) < 4.78 is 18.3. The minimum atomic E-state index is -0.307. The van der Waals surface area contributed by atoms with Gasteiger partial charge in [-0.1, -0.05) is 29.8 Å². The second kappa shape index (κ2) is 4.79. The fraction of sp³-hybridized carbons (Fsp3) is 0.143. The fourth-order valence-corrected chi connectivity index (χ4v) is 1.46. The zero-order valence-electron chi connectivity index (χ0n) is 9.03. The molecule has 1 radical (unpaired) electrons. The predicted octanol–water partition coefficient (Wildman–Crippen LogP) is 3.51. The number of hydrogen-bond donors (Lipinski definition) is 0. The third kappa shape index (κ3) is 2.83. The summed E-state index contributed by atoms with van der Waals surface area (Å²) in [5, 5.41) is 0. The molecule has 0 heterocycles. The smallest absolute Gasteiger partial charge is 0.130 e. The number of halogens is 1. The lowest BCUT2D eigenvalue weighted by atomic mass is 10.1.